The number of hydrogen-bond donors (Lipinski definition) is 3. The van der Waals surface area contributed by atoms with E-state index in [9.17, 15) is 9.59 Å². The Hall–Kier alpha value is -2.14. The highest BCUT2D eigenvalue weighted by atomic mass is 16.5. The zero-order valence-corrected chi connectivity index (χ0v) is 12.0. The number of hydroxylamine groups is 1. The van der Waals surface area contributed by atoms with E-state index in [-0.39, 0.29) is 11.8 Å². The van der Waals surface area contributed by atoms with E-state index in [4.69, 9.17) is 5.21 Å². The maximum Gasteiger partial charge on any atom is 0.243 e. The third kappa shape index (κ3) is 8.60. The first-order chi connectivity index (χ1) is 10.2. The predicted octanol–water partition coefficient (Wildman–Crippen LogP) is 1.97. The van der Waals surface area contributed by atoms with Gasteiger partial charge in [0.05, 0.1) is 0 Å². The van der Waals surface area contributed by atoms with Gasteiger partial charge in [-0.25, -0.2) is 5.48 Å². The van der Waals surface area contributed by atoms with Gasteiger partial charge >= 0.3 is 0 Å². The molecule has 0 spiro atoms. The van der Waals surface area contributed by atoms with Gasteiger partial charge in [-0.05, 0) is 30.9 Å². The van der Waals surface area contributed by atoms with Gasteiger partial charge in [0.25, 0.3) is 0 Å². The smallest absolute Gasteiger partial charge is 0.243 e. The van der Waals surface area contributed by atoms with Crippen molar-refractivity contribution in [2.45, 2.75) is 32.1 Å². The Kier molecular flexibility index (Phi) is 8.56. The van der Waals surface area contributed by atoms with Gasteiger partial charge in [0.1, 0.15) is 0 Å². The molecule has 0 aliphatic rings. The molecule has 0 radical (unpaired) electrons. The first-order valence-electron chi connectivity index (χ1n) is 7.13. The monoisotopic (exact) mass is 290 g/mol. The summed E-state index contributed by atoms with van der Waals surface area (Å²) in [6.45, 7) is 0.593. The minimum Gasteiger partial charge on any atom is -0.353 e. The zero-order valence-electron chi connectivity index (χ0n) is 12.0. The number of allylic oxidation sites excluding steroid dienone is 1. The SMILES string of the molecule is O=C(/C=C/Cc1ccccc1)NCCCCCC(=O)NO. The second-order valence-corrected chi connectivity index (χ2v) is 4.73. The van der Waals surface area contributed by atoms with Gasteiger partial charge < -0.3 is 5.32 Å². The molecule has 0 bridgehead atoms. The van der Waals surface area contributed by atoms with Gasteiger partial charge in [-0.1, -0.05) is 42.8 Å². The summed E-state index contributed by atoms with van der Waals surface area (Å²) < 4.78 is 0. The highest BCUT2D eigenvalue weighted by Crippen LogP contribution is 2.00. The van der Waals surface area contributed by atoms with Crippen molar-refractivity contribution < 1.29 is 14.8 Å². The summed E-state index contributed by atoms with van der Waals surface area (Å²) in [5.41, 5.74) is 2.76. The molecule has 0 saturated heterocycles. The summed E-state index contributed by atoms with van der Waals surface area (Å²) in [5.74, 6) is -0.470. The van der Waals surface area contributed by atoms with Crippen LogP contribution in [0.2, 0.25) is 0 Å². The molecule has 114 valence electrons. The quantitative estimate of drug-likeness (QED) is 0.281. The van der Waals surface area contributed by atoms with Crippen molar-refractivity contribution in [1.29, 1.82) is 0 Å². The molecule has 0 heterocycles. The lowest BCUT2D eigenvalue weighted by molar-refractivity contribution is -0.129. The Morgan fingerprint density at radius 1 is 1.10 bits per heavy atom. The molecule has 5 nitrogen and oxygen atoms in total. The van der Waals surface area contributed by atoms with Crippen molar-refractivity contribution in [3.63, 3.8) is 0 Å². The zero-order chi connectivity index (χ0) is 15.3. The van der Waals surface area contributed by atoms with Crippen LogP contribution >= 0.6 is 0 Å². The summed E-state index contributed by atoms with van der Waals surface area (Å²) in [5, 5.41) is 11.1. The number of benzene rings is 1. The van der Waals surface area contributed by atoms with Gasteiger partial charge in [0.15, 0.2) is 0 Å². The highest BCUT2D eigenvalue weighted by Gasteiger charge is 1.99. The third-order valence-electron chi connectivity index (χ3n) is 2.97. The summed E-state index contributed by atoms with van der Waals surface area (Å²) in [6.07, 6.45) is 6.79. The number of nitrogens with one attached hydrogen (secondary N) is 2. The maximum atomic E-state index is 11.5. The average molecular weight is 290 g/mol. The maximum absolute atomic E-state index is 11.5. The van der Waals surface area contributed by atoms with Gasteiger partial charge in [-0.3, -0.25) is 14.8 Å². The van der Waals surface area contributed by atoms with E-state index in [0.717, 1.165) is 19.3 Å². The first-order valence-corrected chi connectivity index (χ1v) is 7.13. The van der Waals surface area contributed by atoms with Crippen LogP contribution in [0.3, 0.4) is 0 Å². The number of unbranched alkanes of at least 4 members (excludes halogenated alkanes) is 2. The number of carbonyl (C=O) groups is 2. The van der Waals surface area contributed by atoms with Crippen molar-refractivity contribution in [1.82, 2.24) is 10.8 Å². The van der Waals surface area contributed by atoms with Crippen molar-refractivity contribution in [2.75, 3.05) is 6.54 Å². The second kappa shape index (κ2) is 10.6. The molecule has 1 aromatic carbocycles. The molecule has 1 aromatic rings. The van der Waals surface area contributed by atoms with Gasteiger partial charge in [-0.15, -0.1) is 0 Å². The lowest BCUT2D eigenvalue weighted by Crippen LogP contribution is -2.22. The van der Waals surface area contributed by atoms with Crippen molar-refractivity contribution in [3.05, 3.63) is 48.0 Å². The van der Waals surface area contributed by atoms with Crippen LogP contribution < -0.4 is 10.8 Å². The standard InChI is InChI=1S/C16H22N2O3/c19-15(12-7-10-14-8-3-1-4-9-14)17-13-6-2-5-11-16(20)18-21/h1,3-4,7-9,12,21H,2,5-6,10-11,13H2,(H,17,19)(H,18,20)/b12-7+. The van der Waals surface area contributed by atoms with E-state index in [0.29, 0.717) is 19.4 Å². The average Bonchev–Trinajstić information content (AvgIpc) is 2.51. The molecule has 0 fully saturated rings. The summed E-state index contributed by atoms with van der Waals surface area (Å²) in [4.78, 5) is 22.3. The molecule has 0 atom stereocenters. The van der Waals surface area contributed by atoms with E-state index in [1.54, 1.807) is 11.6 Å². The Morgan fingerprint density at radius 2 is 1.86 bits per heavy atom. The van der Waals surface area contributed by atoms with Crippen LogP contribution in [0.15, 0.2) is 42.5 Å². The molecule has 21 heavy (non-hydrogen) atoms. The van der Waals surface area contributed by atoms with Crippen molar-refractivity contribution >= 4 is 11.8 Å². The molecular formula is C16H22N2O3. The first kappa shape index (κ1) is 16.9. The van der Waals surface area contributed by atoms with E-state index in [1.165, 1.54) is 5.56 Å². The predicted molar refractivity (Wildman–Crippen MR) is 80.7 cm³/mol. The number of carbonyl (C=O) groups excluding carboxylic acids is 2. The summed E-state index contributed by atoms with van der Waals surface area (Å²) >= 11 is 0. The Bertz CT molecular complexity index is 458. The van der Waals surface area contributed by atoms with E-state index < -0.39 is 0 Å². The molecule has 0 unspecified atom stereocenters. The molecule has 0 aliphatic heterocycles. The van der Waals surface area contributed by atoms with Crippen LogP contribution in [-0.2, 0) is 16.0 Å². The van der Waals surface area contributed by atoms with Crippen LogP contribution in [0.5, 0.6) is 0 Å². The number of hydrogen-bond acceptors (Lipinski definition) is 3. The molecule has 0 aromatic heterocycles. The topological polar surface area (TPSA) is 78.4 Å². The fourth-order valence-corrected chi connectivity index (χ4v) is 1.83. The van der Waals surface area contributed by atoms with Crippen LogP contribution in [0.4, 0.5) is 0 Å². The molecule has 2 amide bonds. The number of amides is 2. The minimum absolute atomic E-state index is 0.0981. The summed E-state index contributed by atoms with van der Waals surface area (Å²) in [6, 6.07) is 9.94. The molecule has 5 heteroatoms. The molecule has 0 aliphatic carbocycles. The lowest BCUT2D eigenvalue weighted by atomic mass is 10.1. The highest BCUT2D eigenvalue weighted by molar-refractivity contribution is 5.87. The minimum atomic E-state index is -0.372. The van der Waals surface area contributed by atoms with E-state index in [2.05, 4.69) is 5.32 Å². The van der Waals surface area contributed by atoms with Gasteiger partial charge in [0.2, 0.25) is 11.8 Å². The largest absolute Gasteiger partial charge is 0.353 e. The summed E-state index contributed by atoms with van der Waals surface area (Å²) in [7, 11) is 0. The van der Waals surface area contributed by atoms with Crippen LogP contribution in [0.25, 0.3) is 0 Å². The molecule has 1 rings (SSSR count). The van der Waals surface area contributed by atoms with E-state index in [1.807, 2.05) is 36.4 Å². The van der Waals surface area contributed by atoms with Crippen LogP contribution in [0, 0.1) is 0 Å². The van der Waals surface area contributed by atoms with Crippen molar-refractivity contribution in [2.24, 2.45) is 0 Å². The Morgan fingerprint density at radius 3 is 2.57 bits per heavy atom. The number of rotatable bonds is 9. The van der Waals surface area contributed by atoms with E-state index >= 15 is 0 Å². The lowest BCUT2D eigenvalue weighted by Gasteiger charge is -2.02. The van der Waals surface area contributed by atoms with Gasteiger partial charge in [-0.2, -0.15) is 0 Å². The Balaban J connectivity index is 2.05. The normalized spacial score (nSPS) is 10.5. The van der Waals surface area contributed by atoms with Crippen LogP contribution in [0.1, 0.15) is 31.2 Å². The van der Waals surface area contributed by atoms with Crippen molar-refractivity contribution in [3.8, 4) is 0 Å². The Labute approximate surface area is 125 Å². The molecule has 0 saturated carbocycles. The fraction of sp³-hybridized carbons (Fsp3) is 0.375. The third-order valence-corrected chi connectivity index (χ3v) is 2.97. The van der Waals surface area contributed by atoms with Gasteiger partial charge in [0, 0.05) is 13.0 Å². The molecule has 3 N–H and O–H groups in total. The molecular weight excluding hydrogens is 268 g/mol. The van der Waals surface area contributed by atoms with Crippen LogP contribution in [-0.4, -0.2) is 23.6 Å². The fourth-order valence-electron chi connectivity index (χ4n) is 1.83. The second-order valence-electron chi connectivity index (χ2n) is 4.73.